The number of carbonyl (C=O) groups is 1. The molecule has 110 valence electrons. The van der Waals surface area contributed by atoms with Crippen LogP contribution in [0.3, 0.4) is 0 Å². The summed E-state index contributed by atoms with van der Waals surface area (Å²) in [5.74, 6) is -1.01. The van der Waals surface area contributed by atoms with Crippen molar-refractivity contribution in [2.24, 2.45) is 11.7 Å². The van der Waals surface area contributed by atoms with E-state index in [9.17, 15) is 15.0 Å². The molecule has 0 bridgehead atoms. The molecule has 0 aliphatic carbocycles. The summed E-state index contributed by atoms with van der Waals surface area (Å²) >= 11 is 0. The van der Waals surface area contributed by atoms with Gasteiger partial charge < -0.3 is 15.9 Å². The standard InChI is InChI=1S/C17H19NO3/c18-17(21)16(20)14(11-12-7-3-1-4-8-12)15(19)13-9-5-2-6-10-13/h1-10,14,16-17,20-21H,11,18H2/t14-,16-,17?/m1/s1. The maximum absolute atomic E-state index is 12.6. The number of Topliss-reactive ketones (excluding diaryl/α,β-unsaturated/α-hetero) is 1. The Morgan fingerprint density at radius 2 is 1.48 bits per heavy atom. The third-order valence-corrected chi connectivity index (χ3v) is 3.46. The van der Waals surface area contributed by atoms with Gasteiger partial charge in [0.1, 0.15) is 12.3 Å². The quantitative estimate of drug-likeness (QED) is 0.553. The maximum Gasteiger partial charge on any atom is 0.169 e. The third-order valence-electron chi connectivity index (χ3n) is 3.46. The summed E-state index contributed by atoms with van der Waals surface area (Å²) in [6.07, 6.45) is -2.44. The number of aliphatic hydroxyl groups is 2. The van der Waals surface area contributed by atoms with Crippen LogP contribution in [0.1, 0.15) is 15.9 Å². The highest BCUT2D eigenvalue weighted by Crippen LogP contribution is 2.19. The molecule has 4 heteroatoms. The minimum atomic E-state index is -1.45. The van der Waals surface area contributed by atoms with Gasteiger partial charge in [0.05, 0.1) is 5.92 Å². The zero-order chi connectivity index (χ0) is 15.2. The summed E-state index contributed by atoms with van der Waals surface area (Å²) in [6, 6.07) is 18.1. The van der Waals surface area contributed by atoms with Crippen molar-refractivity contribution in [3.05, 3.63) is 71.8 Å². The van der Waals surface area contributed by atoms with Gasteiger partial charge in [-0.2, -0.15) is 0 Å². The molecule has 2 rings (SSSR count). The molecule has 0 fully saturated rings. The van der Waals surface area contributed by atoms with Gasteiger partial charge in [-0.1, -0.05) is 60.7 Å². The van der Waals surface area contributed by atoms with E-state index in [0.29, 0.717) is 12.0 Å². The van der Waals surface area contributed by atoms with E-state index in [4.69, 9.17) is 5.73 Å². The van der Waals surface area contributed by atoms with Crippen molar-refractivity contribution in [3.63, 3.8) is 0 Å². The molecular weight excluding hydrogens is 266 g/mol. The average Bonchev–Trinajstić information content (AvgIpc) is 2.53. The highest BCUT2D eigenvalue weighted by atomic mass is 16.3. The van der Waals surface area contributed by atoms with Gasteiger partial charge in [-0.25, -0.2) is 0 Å². The summed E-state index contributed by atoms with van der Waals surface area (Å²) in [4.78, 5) is 12.6. The third kappa shape index (κ3) is 3.98. The number of nitrogens with two attached hydrogens (primary N) is 1. The van der Waals surface area contributed by atoms with Crippen LogP contribution in [-0.4, -0.2) is 28.3 Å². The van der Waals surface area contributed by atoms with Crippen LogP contribution in [0.15, 0.2) is 60.7 Å². The first-order valence-corrected chi connectivity index (χ1v) is 6.84. The second kappa shape index (κ2) is 7.13. The van der Waals surface area contributed by atoms with Crippen LogP contribution in [0, 0.1) is 5.92 Å². The zero-order valence-corrected chi connectivity index (χ0v) is 11.6. The molecule has 2 aromatic rings. The van der Waals surface area contributed by atoms with E-state index in [1.54, 1.807) is 24.3 Å². The molecule has 0 amide bonds. The van der Waals surface area contributed by atoms with Crippen molar-refractivity contribution >= 4 is 5.78 Å². The second-order valence-electron chi connectivity index (χ2n) is 5.01. The van der Waals surface area contributed by atoms with E-state index >= 15 is 0 Å². The van der Waals surface area contributed by atoms with Crippen molar-refractivity contribution in [2.75, 3.05) is 0 Å². The van der Waals surface area contributed by atoms with Gasteiger partial charge in [0.2, 0.25) is 0 Å². The smallest absolute Gasteiger partial charge is 0.169 e. The van der Waals surface area contributed by atoms with Crippen molar-refractivity contribution < 1.29 is 15.0 Å². The lowest BCUT2D eigenvalue weighted by Gasteiger charge is -2.24. The number of aliphatic hydroxyl groups excluding tert-OH is 2. The number of benzene rings is 2. The van der Waals surface area contributed by atoms with E-state index in [0.717, 1.165) is 5.56 Å². The fraction of sp³-hybridized carbons (Fsp3) is 0.235. The lowest BCUT2D eigenvalue weighted by Crippen LogP contribution is -2.43. The number of hydrogen-bond acceptors (Lipinski definition) is 4. The molecule has 4 nitrogen and oxygen atoms in total. The van der Waals surface area contributed by atoms with Gasteiger partial charge in [-0.05, 0) is 12.0 Å². The van der Waals surface area contributed by atoms with Crippen molar-refractivity contribution in [2.45, 2.75) is 18.8 Å². The molecule has 0 radical (unpaired) electrons. The maximum atomic E-state index is 12.6. The average molecular weight is 285 g/mol. The monoisotopic (exact) mass is 285 g/mol. The molecule has 0 aliphatic heterocycles. The van der Waals surface area contributed by atoms with Gasteiger partial charge in [0.15, 0.2) is 5.78 Å². The van der Waals surface area contributed by atoms with Crippen molar-refractivity contribution in [1.82, 2.24) is 0 Å². The highest BCUT2D eigenvalue weighted by Gasteiger charge is 2.31. The van der Waals surface area contributed by atoms with Gasteiger partial charge in [-0.15, -0.1) is 0 Å². The first-order valence-electron chi connectivity index (χ1n) is 6.84. The fourth-order valence-electron chi connectivity index (χ4n) is 2.29. The number of hydrogen-bond donors (Lipinski definition) is 3. The predicted molar refractivity (Wildman–Crippen MR) is 80.6 cm³/mol. The number of carbonyl (C=O) groups excluding carboxylic acids is 1. The Morgan fingerprint density at radius 3 is 2.00 bits per heavy atom. The van der Waals surface area contributed by atoms with E-state index in [-0.39, 0.29) is 5.78 Å². The molecule has 21 heavy (non-hydrogen) atoms. The number of rotatable bonds is 6. The van der Waals surface area contributed by atoms with Crippen LogP contribution in [0.4, 0.5) is 0 Å². The van der Waals surface area contributed by atoms with E-state index < -0.39 is 18.2 Å². The first-order chi connectivity index (χ1) is 10.1. The van der Waals surface area contributed by atoms with Crippen LogP contribution in [0.2, 0.25) is 0 Å². The summed E-state index contributed by atoms with van der Waals surface area (Å²) in [7, 11) is 0. The van der Waals surface area contributed by atoms with Crippen LogP contribution >= 0.6 is 0 Å². The molecule has 0 spiro atoms. The molecule has 0 heterocycles. The van der Waals surface area contributed by atoms with Gasteiger partial charge in [-0.3, -0.25) is 4.79 Å². The van der Waals surface area contributed by atoms with E-state index in [1.165, 1.54) is 0 Å². The molecule has 0 aliphatic rings. The van der Waals surface area contributed by atoms with Gasteiger partial charge in [0.25, 0.3) is 0 Å². The van der Waals surface area contributed by atoms with Crippen LogP contribution in [-0.2, 0) is 6.42 Å². The summed E-state index contributed by atoms with van der Waals surface area (Å²) in [5, 5.41) is 19.5. The van der Waals surface area contributed by atoms with Crippen molar-refractivity contribution in [3.8, 4) is 0 Å². The Labute approximate surface area is 123 Å². The molecule has 3 atom stereocenters. The predicted octanol–water partition coefficient (Wildman–Crippen LogP) is 1.37. The molecular formula is C17H19NO3. The lowest BCUT2D eigenvalue weighted by molar-refractivity contribution is -0.00857. The Morgan fingerprint density at radius 1 is 0.952 bits per heavy atom. The summed E-state index contributed by atoms with van der Waals surface area (Å²) < 4.78 is 0. The van der Waals surface area contributed by atoms with Gasteiger partial charge >= 0.3 is 0 Å². The van der Waals surface area contributed by atoms with Crippen LogP contribution < -0.4 is 5.73 Å². The van der Waals surface area contributed by atoms with Crippen molar-refractivity contribution in [1.29, 1.82) is 0 Å². The Kier molecular flexibility index (Phi) is 5.22. The molecule has 0 aromatic heterocycles. The Bertz CT molecular complexity index is 569. The van der Waals surface area contributed by atoms with Crippen LogP contribution in [0.5, 0.6) is 0 Å². The van der Waals surface area contributed by atoms with E-state index in [1.807, 2.05) is 36.4 Å². The fourth-order valence-corrected chi connectivity index (χ4v) is 2.29. The molecule has 0 saturated heterocycles. The lowest BCUT2D eigenvalue weighted by atomic mass is 9.86. The van der Waals surface area contributed by atoms with E-state index in [2.05, 4.69) is 0 Å². The van der Waals surface area contributed by atoms with Gasteiger partial charge in [0, 0.05) is 5.56 Å². The molecule has 4 N–H and O–H groups in total. The Hall–Kier alpha value is -2.01. The summed E-state index contributed by atoms with van der Waals surface area (Å²) in [6.45, 7) is 0. The molecule has 0 saturated carbocycles. The summed E-state index contributed by atoms with van der Waals surface area (Å²) in [5.41, 5.74) is 6.77. The molecule has 1 unspecified atom stereocenters. The number of ketones is 1. The topological polar surface area (TPSA) is 83.6 Å². The largest absolute Gasteiger partial charge is 0.388 e. The highest BCUT2D eigenvalue weighted by molar-refractivity contribution is 5.98. The SMILES string of the molecule is NC(O)[C@H](O)[C@H](Cc1ccccc1)C(=O)c1ccccc1. The Balaban J connectivity index is 2.26. The second-order valence-corrected chi connectivity index (χ2v) is 5.01. The zero-order valence-electron chi connectivity index (χ0n) is 11.6. The molecule has 2 aromatic carbocycles. The first kappa shape index (κ1) is 15.4. The van der Waals surface area contributed by atoms with Crippen LogP contribution in [0.25, 0.3) is 0 Å². The normalized spacial score (nSPS) is 15.2. The minimum Gasteiger partial charge on any atom is -0.388 e. The minimum absolute atomic E-state index is 0.226.